The Balaban J connectivity index is 1.33. The van der Waals surface area contributed by atoms with Gasteiger partial charge in [-0.05, 0) is 59.7 Å². The first-order valence-electron chi connectivity index (χ1n) is 10.8. The van der Waals surface area contributed by atoms with Gasteiger partial charge in [-0.25, -0.2) is 0 Å². The highest BCUT2D eigenvalue weighted by Crippen LogP contribution is 2.41. The van der Waals surface area contributed by atoms with Gasteiger partial charge in [-0.15, -0.1) is 0 Å². The van der Waals surface area contributed by atoms with E-state index in [-0.39, 0.29) is 5.91 Å². The maximum absolute atomic E-state index is 12.7. The number of aromatic nitrogens is 1. The molecule has 0 spiro atoms. The van der Waals surface area contributed by atoms with Crippen molar-refractivity contribution in [2.75, 3.05) is 5.32 Å². The first-order chi connectivity index (χ1) is 16.7. The SMILES string of the molecule is O=C(NCc1cccnc1)c1ccc2c(c1)N=Cc1c(NCc3ccc(Cl)cc3)cccc1S2. The highest BCUT2D eigenvalue weighted by atomic mass is 35.5. The van der Waals surface area contributed by atoms with Crippen molar-refractivity contribution in [2.45, 2.75) is 22.9 Å². The third kappa shape index (κ3) is 5.14. The molecule has 4 aromatic rings. The summed E-state index contributed by atoms with van der Waals surface area (Å²) in [6, 6.07) is 23.4. The molecule has 168 valence electrons. The number of carbonyl (C=O) groups is 1. The maximum atomic E-state index is 12.7. The van der Waals surface area contributed by atoms with Crippen LogP contribution in [-0.4, -0.2) is 17.1 Å². The molecule has 34 heavy (non-hydrogen) atoms. The summed E-state index contributed by atoms with van der Waals surface area (Å²) in [5.41, 5.74) is 5.48. The van der Waals surface area contributed by atoms with E-state index in [4.69, 9.17) is 16.6 Å². The Morgan fingerprint density at radius 3 is 2.62 bits per heavy atom. The van der Waals surface area contributed by atoms with Crippen LogP contribution in [0.25, 0.3) is 0 Å². The van der Waals surface area contributed by atoms with E-state index < -0.39 is 0 Å². The molecule has 0 fully saturated rings. The molecule has 1 amide bonds. The number of nitrogens with one attached hydrogen (secondary N) is 2. The quantitative estimate of drug-likeness (QED) is 0.289. The molecule has 1 aromatic heterocycles. The second kappa shape index (κ2) is 10.1. The van der Waals surface area contributed by atoms with Gasteiger partial charge >= 0.3 is 0 Å². The zero-order chi connectivity index (χ0) is 23.3. The fourth-order valence-corrected chi connectivity index (χ4v) is 4.74. The van der Waals surface area contributed by atoms with Crippen LogP contribution in [0.4, 0.5) is 11.4 Å². The average molecular weight is 485 g/mol. The molecule has 0 bridgehead atoms. The minimum atomic E-state index is -0.140. The van der Waals surface area contributed by atoms with E-state index in [1.807, 2.05) is 66.9 Å². The molecule has 0 saturated heterocycles. The summed E-state index contributed by atoms with van der Waals surface area (Å²) in [6.45, 7) is 1.11. The predicted molar refractivity (Wildman–Crippen MR) is 138 cm³/mol. The number of aliphatic imine (C=N–C) groups is 1. The van der Waals surface area contributed by atoms with Crippen molar-refractivity contribution in [1.82, 2.24) is 10.3 Å². The fraction of sp³-hybridized carbons (Fsp3) is 0.0741. The summed E-state index contributed by atoms with van der Waals surface area (Å²) in [5, 5.41) is 7.18. The van der Waals surface area contributed by atoms with Gasteiger partial charge in [-0.1, -0.05) is 47.6 Å². The highest BCUT2D eigenvalue weighted by molar-refractivity contribution is 7.99. The van der Waals surface area contributed by atoms with Crippen LogP contribution in [0.5, 0.6) is 0 Å². The molecule has 1 aliphatic rings. The lowest BCUT2D eigenvalue weighted by Gasteiger charge is -2.12. The average Bonchev–Trinajstić information content (AvgIpc) is 3.06. The number of amides is 1. The van der Waals surface area contributed by atoms with Crippen molar-refractivity contribution in [1.29, 1.82) is 0 Å². The molecule has 5 rings (SSSR count). The maximum Gasteiger partial charge on any atom is 0.251 e. The first-order valence-corrected chi connectivity index (χ1v) is 12.0. The second-order valence-electron chi connectivity index (χ2n) is 7.78. The molecule has 1 aliphatic heterocycles. The normalized spacial score (nSPS) is 11.8. The number of hydrogen-bond donors (Lipinski definition) is 2. The Hall–Kier alpha value is -3.61. The van der Waals surface area contributed by atoms with Crippen molar-refractivity contribution in [3.63, 3.8) is 0 Å². The number of pyridine rings is 1. The van der Waals surface area contributed by atoms with Gasteiger partial charge in [0.2, 0.25) is 0 Å². The molecule has 0 atom stereocenters. The number of halogens is 1. The zero-order valence-corrected chi connectivity index (χ0v) is 19.7. The number of benzene rings is 3. The van der Waals surface area contributed by atoms with Crippen molar-refractivity contribution in [2.24, 2.45) is 4.99 Å². The van der Waals surface area contributed by atoms with E-state index in [1.54, 1.807) is 24.2 Å². The summed E-state index contributed by atoms with van der Waals surface area (Å²) in [7, 11) is 0. The van der Waals surface area contributed by atoms with Gasteiger partial charge in [-0.2, -0.15) is 0 Å². The van der Waals surface area contributed by atoms with E-state index in [1.165, 1.54) is 0 Å². The first kappa shape index (κ1) is 22.2. The van der Waals surface area contributed by atoms with Crippen LogP contribution in [0.1, 0.15) is 27.0 Å². The van der Waals surface area contributed by atoms with Gasteiger partial charge in [0.1, 0.15) is 0 Å². The molecule has 5 nitrogen and oxygen atoms in total. The highest BCUT2D eigenvalue weighted by Gasteiger charge is 2.16. The number of nitrogens with zero attached hydrogens (tertiary/aromatic N) is 2. The van der Waals surface area contributed by atoms with Crippen LogP contribution < -0.4 is 10.6 Å². The molecule has 7 heteroatoms. The Bertz CT molecular complexity index is 1360. The third-order valence-corrected chi connectivity index (χ3v) is 6.80. The van der Waals surface area contributed by atoms with Gasteiger partial charge in [0.25, 0.3) is 5.91 Å². The van der Waals surface area contributed by atoms with Crippen LogP contribution in [-0.2, 0) is 13.1 Å². The van der Waals surface area contributed by atoms with Gasteiger partial charge in [0, 0.05) is 63.3 Å². The Morgan fingerprint density at radius 1 is 0.912 bits per heavy atom. The summed E-state index contributed by atoms with van der Waals surface area (Å²) < 4.78 is 0. The molecule has 0 aliphatic carbocycles. The molecule has 2 N–H and O–H groups in total. The summed E-state index contributed by atoms with van der Waals surface area (Å²) in [6.07, 6.45) is 5.33. The summed E-state index contributed by atoms with van der Waals surface area (Å²) >= 11 is 7.64. The van der Waals surface area contributed by atoms with Crippen LogP contribution in [0.15, 0.2) is 100.0 Å². The standard InChI is InChI=1S/C27H21ClN4OS/c28-21-9-6-18(7-10-21)15-30-23-4-1-5-25-22(23)17-31-24-13-20(8-11-26(24)34-25)27(33)32-16-19-3-2-12-29-14-19/h1-14,17,30H,15-16H2,(H,32,33). The largest absolute Gasteiger partial charge is 0.380 e. The van der Waals surface area contributed by atoms with Crippen molar-refractivity contribution in [3.05, 3.63) is 112 Å². The van der Waals surface area contributed by atoms with Gasteiger partial charge in [-0.3, -0.25) is 14.8 Å². The molecule has 0 unspecified atom stereocenters. The molecule has 3 aromatic carbocycles. The molecule has 0 saturated carbocycles. The lowest BCUT2D eigenvalue weighted by atomic mass is 10.1. The van der Waals surface area contributed by atoms with E-state index in [2.05, 4.69) is 27.8 Å². The Labute approximate surface area is 207 Å². The van der Waals surface area contributed by atoms with Crippen molar-refractivity contribution >= 4 is 46.9 Å². The lowest BCUT2D eigenvalue weighted by Crippen LogP contribution is -2.22. The van der Waals surface area contributed by atoms with Crippen molar-refractivity contribution < 1.29 is 4.79 Å². The van der Waals surface area contributed by atoms with E-state index in [9.17, 15) is 4.79 Å². The number of hydrogen-bond acceptors (Lipinski definition) is 5. The fourth-order valence-electron chi connectivity index (χ4n) is 3.61. The number of rotatable bonds is 6. The molecular weight excluding hydrogens is 464 g/mol. The third-order valence-electron chi connectivity index (χ3n) is 5.41. The van der Waals surface area contributed by atoms with E-state index in [0.29, 0.717) is 18.7 Å². The Kier molecular flexibility index (Phi) is 6.60. The van der Waals surface area contributed by atoms with Gasteiger partial charge < -0.3 is 10.6 Å². The predicted octanol–water partition coefficient (Wildman–Crippen LogP) is 6.49. The van der Waals surface area contributed by atoms with Crippen LogP contribution in [0.3, 0.4) is 0 Å². The summed E-state index contributed by atoms with van der Waals surface area (Å²) in [4.78, 5) is 23.6. The van der Waals surface area contributed by atoms with Crippen molar-refractivity contribution in [3.8, 4) is 0 Å². The van der Waals surface area contributed by atoms with Gasteiger partial charge in [0.05, 0.1) is 5.69 Å². The second-order valence-corrected chi connectivity index (χ2v) is 9.30. The van der Waals surface area contributed by atoms with E-state index in [0.717, 1.165) is 42.9 Å². The van der Waals surface area contributed by atoms with Crippen LogP contribution in [0, 0.1) is 0 Å². The molecule has 0 radical (unpaired) electrons. The number of anilines is 1. The van der Waals surface area contributed by atoms with Gasteiger partial charge in [0.15, 0.2) is 0 Å². The minimum absolute atomic E-state index is 0.140. The molecule has 2 heterocycles. The molecular formula is C27H21ClN4OS. The topological polar surface area (TPSA) is 66.4 Å². The minimum Gasteiger partial charge on any atom is -0.380 e. The monoisotopic (exact) mass is 484 g/mol. The summed E-state index contributed by atoms with van der Waals surface area (Å²) in [5.74, 6) is -0.140. The number of carbonyl (C=O) groups excluding carboxylic acids is 1. The van der Waals surface area contributed by atoms with Crippen LogP contribution in [0.2, 0.25) is 5.02 Å². The Morgan fingerprint density at radius 2 is 1.79 bits per heavy atom. The zero-order valence-electron chi connectivity index (χ0n) is 18.2. The van der Waals surface area contributed by atoms with E-state index >= 15 is 0 Å². The number of fused-ring (bicyclic) bond motifs is 2. The lowest BCUT2D eigenvalue weighted by molar-refractivity contribution is 0.0951. The van der Waals surface area contributed by atoms with Crippen LogP contribution >= 0.6 is 23.4 Å². The smallest absolute Gasteiger partial charge is 0.251 e.